The summed E-state index contributed by atoms with van der Waals surface area (Å²) in [4.78, 5) is 20.3. The Balaban J connectivity index is 1.75. The fourth-order valence-electron chi connectivity index (χ4n) is 2.50. The molecule has 0 fully saturated rings. The first-order chi connectivity index (χ1) is 13.7. The molecule has 8 heteroatoms. The van der Waals surface area contributed by atoms with E-state index >= 15 is 0 Å². The number of ether oxygens (including phenoxy) is 1. The third-order valence-corrected chi connectivity index (χ3v) is 4.01. The minimum absolute atomic E-state index is 0.460. The van der Waals surface area contributed by atoms with Crippen molar-refractivity contribution in [3.8, 4) is 0 Å². The van der Waals surface area contributed by atoms with E-state index in [1.807, 2.05) is 58.9 Å². The number of aryl methyl sites for hydroxylation is 2. The fraction of sp³-hybridized carbons (Fsp3) is 0.476. The summed E-state index contributed by atoms with van der Waals surface area (Å²) in [5.74, 6) is 2.15. The highest BCUT2D eigenvalue weighted by atomic mass is 16.6. The van der Waals surface area contributed by atoms with Crippen molar-refractivity contribution in [1.29, 1.82) is 0 Å². The smallest absolute Gasteiger partial charge is 0.412 e. The first-order valence-corrected chi connectivity index (χ1v) is 9.62. The lowest BCUT2D eigenvalue weighted by atomic mass is 10.1. The number of benzene rings is 1. The van der Waals surface area contributed by atoms with Crippen LogP contribution >= 0.6 is 0 Å². The fourth-order valence-corrected chi connectivity index (χ4v) is 2.50. The Bertz CT molecular complexity index is 815. The van der Waals surface area contributed by atoms with Gasteiger partial charge in [-0.2, -0.15) is 0 Å². The number of amides is 1. The summed E-state index contributed by atoms with van der Waals surface area (Å²) in [5.41, 5.74) is 2.22. The Morgan fingerprint density at radius 2 is 1.86 bits per heavy atom. The van der Waals surface area contributed by atoms with Crippen LogP contribution in [0.25, 0.3) is 0 Å². The lowest BCUT2D eigenvalue weighted by Gasteiger charge is -2.19. The third-order valence-electron chi connectivity index (χ3n) is 4.01. The molecule has 0 atom stereocenters. The van der Waals surface area contributed by atoms with Crippen molar-refractivity contribution in [3.05, 3.63) is 47.2 Å². The third kappa shape index (κ3) is 7.85. The summed E-state index contributed by atoms with van der Waals surface area (Å²) >= 11 is 0. The number of hydrogen-bond acceptors (Lipinski definition) is 5. The van der Waals surface area contributed by atoms with E-state index in [9.17, 15) is 4.79 Å². The van der Waals surface area contributed by atoms with Crippen molar-refractivity contribution in [2.75, 3.05) is 18.9 Å². The first kappa shape index (κ1) is 22.3. The Kier molecular flexibility index (Phi) is 7.64. The minimum atomic E-state index is -0.521. The number of guanidine groups is 1. The van der Waals surface area contributed by atoms with E-state index in [4.69, 9.17) is 9.15 Å². The van der Waals surface area contributed by atoms with Gasteiger partial charge in [0.05, 0.1) is 12.2 Å². The van der Waals surface area contributed by atoms with E-state index in [2.05, 4.69) is 25.9 Å². The molecule has 2 rings (SSSR count). The van der Waals surface area contributed by atoms with E-state index in [-0.39, 0.29) is 0 Å². The van der Waals surface area contributed by atoms with Gasteiger partial charge in [-0.15, -0.1) is 0 Å². The van der Waals surface area contributed by atoms with Crippen LogP contribution in [0.2, 0.25) is 0 Å². The van der Waals surface area contributed by atoms with Gasteiger partial charge in [-0.3, -0.25) is 10.3 Å². The molecule has 1 aromatic carbocycles. The molecule has 0 saturated carbocycles. The molecule has 2 aromatic rings. The molecule has 0 radical (unpaired) electrons. The average Bonchev–Trinajstić information content (AvgIpc) is 2.95. The Morgan fingerprint density at radius 3 is 2.41 bits per heavy atom. The summed E-state index contributed by atoms with van der Waals surface area (Å²) in [6.45, 7) is 10.5. The molecule has 0 bridgehead atoms. The van der Waals surface area contributed by atoms with E-state index < -0.39 is 11.7 Å². The zero-order valence-electron chi connectivity index (χ0n) is 18.0. The standard InChI is InChI=1S/C21H31N5O3/c1-14-15(2)28-18(25-14)13-24-19(22-6)23-12-11-16-7-9-17(10-8-16)26-20(27)29-21(3,4)5/h7-10H,11-13H2,1-6H3,(H,26,27)(H2,22,23,24). The van der Waals surface area contributed by atoms with Crippen LogP contribution in [0.4, 0.5) is 10.5 Å². The summed E-state index contributed by atoms with van der Waals surface area (Å²) in [7, 11) is 1.72. The van der Waals surface area contributed by atoms with Gasteiger partial charge in [0.25, 0.3) is 0 Å². The molecule has 0 aliphatic rings. The number of anilines is 1. The van der Waals surface area contributed by atoms with Gasteiger partial charge in [0, 0.05) is 19.3 Å². The monoisotopic (exact) mass is 401 g/mol. The van der Waals surface area contributed by atoms with Gasteiger partial charge in [0.2, 0.25) is 5.89 Å². The number of carbonyl (C=O) groups is 1. The Labute approximate surface area is 172 Å². The zero-order valence-corrected chi connectivity index (χ0v) is 18.0. The van der Waals surface area contributed by atoms with E-state index in [1.54, 1.807) is 7.05 Å². The van der Waals surface area contributed by atoms with Crippen molar-refractivity contribution in [3.63, 3.8) is 0 Å². The predicted octanol–water partition coefficient (Wildman–Crippen LogP) is 3.55. The van der Waals surface area contributed by atoms with Gasteiger partial charge in [-0.1, -0.05) is 12.1 Å². The zero-order chi connectivity index (χ0) is 21.4. The summed E-state index contributed by atoms with van der Waals surface area (Å²) < 4.78 is 10.8. The minimum Gasteiger partial charge on any atom is -0.444 e. The summed E-state index contributed by atoms with van der Waals surface area (Å²) in [6, 6.07) is 7.67. The number of aromatic nitrogens is 1. The molecular weight excluding hydrogens is 370 g/mol. The van der Waals surface area contributed by atoms with Crippen LogP contribution in [-0.2, 0) is 17.7 Å². The quantitative estimate of drug-likeness (QED) is 0.506. The number of oxazole rings is 1. The summed E-state index contributed by atoms with van der Waals surface area (Å²) in [5, 5.41) is 9.17. The molecule has 8 nitrogen and oxygen atoms in total. The maximum Gasteiger partial charge on any atom is 0.412 e. The Hall–Kier alpha value is -3.03. The SMILES string of the molecule is CN=C(NCCc1ccc(NC(=O)OC(C)(C)C)cc1)NCc1nc(C)c(C)o1. The van der Waals surface area contributed by atoms with Gasteiger partial charge in [0.1, 0.15) is 11.4 Å². The second kappa shape index (κ2) is 9.95. The van der Waals surface area contributed by atoms with Crippen LogP contribution in [0, 0.1) is 13.8 Å². The number of aliphatic imine (C=N–C) groups is 1. The number of hydrogen-bond donors (Lipinski definition) is 3. The number of rotatable bonds is 6. The topological polar surface area (TPSA) is 101 Å². The lowest BCUT2D eigenvalue weighted by Crippen LogP contribution is -2.37. The maximum atomic E-state index is 11.8. The van der Waals surface area contributed by atoms with Gasteiger partial charge >= 0.3 is 6.09 Å². The van der Waals surface area contributed by atoms with Crippen molar-refractivity contribution in [1.82, 2.24) is 15.6 Å². The molecule has 1 amide bonds. The van der Waals surface area contributed by atoms with Crippen molar-refractivity contribution >= 4 is 17.7 Å². The van der Waals surface area contributed by atoms with Crippen molar-refractivity contribution < 1.29 is 13.9 Å². The second-order valence-electron chi connectivity index (χ2n) is 7.68. The highest BCUT2D eigenvalue weighted by molar-refractivity contribution is 5.84. The van der Waals surface area contributed by atoms with Crippen LogP contribution in [0.15, 0.2) is 33.7 Å². The largest absolute Gasteiger partial charge is 0.444 e. The average molecular weight is 402 g/mol. The van der Waals surface area contributed by atoms with Gasteiger partial charge < -0.3 is 19.8 Å². The van der Waals surface area contributed by atoms with Crippen LogP contribution in [0.3, 0.4) is 0 Å². The lowest BCUT2D eigenvalue weighted by molar-refractivity contribution is 0.0636. The van der Waals surface area contributed by atoms with Crippen LogP contribution in [-0.4, -0.2) is 36.2 Å². The molecule has 29 heavy (non-hydrogen) atoms. The molecule has 0 aliphatic heterocycles. The van der Waals surface area contributed by atoms with Crippen LogP contribution in [0.1, 0.15) is 43.7 Å². The molecule has 158 valence electrons. The second-order valence-corrected chi connectivity index (χ2v) is 7.68. The Morgan fingerprint density at radius 1 is 1.17 bits per heavy atom. The maximum absolute atomic E-state index is 11.8. The molecule has 0 saturated heterocycles. The number of carbonyl (C=O) groups excluding carboxylic acids is 1. The molecule has 3 N–H and O–H groups in total. The van der Waals surface area contributed by atoms with E-state index in [1.165, 1.54) is 0 Å². The van der Waals surface area contributed by atoms with Crippen LogP contribution in [0.5, 0.6) is 0 Å². The predicted molar refractivity (Wildman–Crippen MR) is 114 cm³/mol. The summed E-state index contributed by atoms with van der Waals surface area (Å²) in [6.07, 6.45) is 0.350. The number of nitrogens with zero attached hydrogens (tertiary/aromatic N) is 2. The van der Waals surface area contributed by atoms with E-state index in [0.717, 1.165) is 23.4 Å². The van der Waals surface area contributed by atoms with Gasteiger partial charge in [-0.05, 0) is 58.7 Å². The van der Waals surface area contributed by atoms with Gasteiger partial charge in [-0.25, -0.2) is 9.78 Å². The van der Waals surface area contributed by atoms with Gasteiger partial charge in [0.15, 0.2) is 5.96 Å². The molecular formula is C21H31N5O3. The first-order valence-electron chi connectivity index (χ1n) is 9.62. The van der Waals surface area contributed by atoms with E-state index in [0.29, 0.717) is 30.6 Å². The van der Waals surface area contributed by atoms with Crippen molar-refractivity contribution in [2.24, 2.45) is 4.99 Å². The normalized spacial score (nSPS) is 11.9. The molecule has 0 aliphatic carbocycles. The molecule has 0 unspecified atom stereocenters. The highest BCUT2D eigenvalue weighted by Gasteiger charge is 2.16. The molecule has 1 heterocycles. The molecule has 0 spiro atoms. The molecule has 1 aromatic heterocycles. The van der Waals surface area contributed by atoms with Crippen molar-refractivity contribution in [2.45, 2.75) is 53.2 Å². The van der Waals surface area contributed by atoms with Crippen LogP contribution < -0.4 is 16.0 Å². The highest BCUT2D eigenvalue weighted by Crippen LogP contribution is 2.13. The number of nitrogens with one attached hydrogen (secondary N) is 3.